The Morgan fingerprint density at radius 1 is 1.35 bits per heavy atom. The Morgan fingerprint density at radius 2 is 1.82 bits per heavy atom. The van der Waals surface area contributed by atoms with E-state index in [1.165, 1.54) is 0 Å². The molecular weight excluding hydrogens is 214 g/mol. The maximum Gasteiger partial charge on any atom is 0.242 e. The van der Waals surface area contributed by atoms with Gasteiger partial charge in [0.05, 0.1) is 5.54 Å². The van der Waals surface area contributed by atoms with Gasteiger partial charge in [-0.3, -0.25) is 9.69 Å². The highest BCUT2D eigenvalue weighted by atomic mass is 16.2. The molecule has 1 aliphatic heterocycles. The van der Waals surface area contributed by atoms with Crippen molar-refractivity contribution in [2.45, 2.75) is 58.2 Å². The molecule has 1 heterocycles. The van der Waals surface area contributed by atoms with Gasteiger partial charge in [0.2, 0.25) is 5.91 Å². The van der Waals surface area contributed by atoms with Crippen molar-refractivity contribution in [2.75, 3.05) is 20.1 Å². The van der Waals surface area contributed by atoms with Crippen molar-refractivity contribution in [3.05, 3.63) is 0 Å². The summed E-state index contributed by atoms with van der Waals surface area (Å²) >= 11 is 0. The second-order valence-electron chi connectivity index (χ2n) is 5.74. The van der Waals surface area contributed by atoms with E-state index in [9.17, 15) is 4.79 Å². The minimum atomic E-state index is -0.704. The van der Waals surface area contributed by atoms with Crippen molar-refractivity contribution in [3.8, 4) is 0 Å². The van der Waals surface area contributed by atoms with Gasteiger partial charge in [-0.2, -0.15) is 0 Å². The van der Waals surface area contributed by atoms with Crippen LogP contribution in [0.4, 0.5) is 0 Å². The van der Waals surface area contributed by atoms with Crippen molar-refractivity contribution in [2.24, 2.45) is 5.73 Å². The second kappa shape index (κ2) is 5.36. The first kappa shape index (κ1) is 14.5. The molecule has 0 saturated carbocycles. The fourth-order valence-corrected chi connectivity index (χ4v) is 2.56. The number of nitrogens with zero attached hydrogens (tertiary/aromatic N) is 2. The van der Waals surface area contributed by atoms with Gasteiger partial charge in [0.1, 0.15) is 0 Å². The lowest BCUT2D eigenvalue weighted by Crippen LogP contribution is -2.62. The van der Waals surface area contributed by atoms with Gasteiger partial charge in [-0.25, -0.2) is 0 Å². The van der Waals surface area contributed by atoms with Crippen LogP contribution in [0.5, 0.6) is 0 Å². The first-order chi connectivity index (χ1) is 7.79. The summed E-state index contributed by atoms with van der Waals surface area (Å²) in [4.78, 5) is 16.6. The van der Waals surface area contributed by atoms with E-state index in [0.717, 1.165) is 25.9 Å². The predicted octanol–water partition coefficient (Wildman–Crippen LogP) is 1.05. The van der Waals surface area contributed by atoms with Crippen molar-refractivity contribution >= 4 is 5.91 Å². The van der Waals surface area contributed by atoms with Crippen LogP contribution >= 0.6 is 0 Å². The summed E-state index contributed by atoms with van der Waals surface area (Å²) in [5.41, 5.74) is 5.42. The lowest BCUT2D eigenvalue weighted by atomic mass is 9.94. The number of likely N-dealkylation sites (N-methyl/N-ethyl adjacent to an activating group) is 1. The molecule has 0 aliphatic carbocycles. The SMILES string of the molecule is CCCC(C)(N)C(=O)N1CC(C)N(C)C(C)C1. The number of carbonyl (C=O) groups is 1. The Balaban J connectivity index is 2.71. The fourth-order valence-electron chi connectivity index (χ4n) is 2.56. The van der Waals surface area contributed by atoms with E-state index in [1.807, 2.05) is 11.8 Å². The van der Waals surface area contributed by atoms with Gasteiger partial charge < -0.3 is 10.6 Å². The summed E-state index contributed by atoms with van der Waals surface area (Å²) in [5, 5.41) is 0. The largest absolute Gasteiger partial charge is 0.338 e. The third kappa shape index (κ3) is 3.19. The summed E-state index contributed by atoms with van der Waals surface area (Å²) in [6.07, 6.45) is 1.69. The van der Waals surface area contributed by atoms with Crippen LogP contribution in [0.2, 0.25) is 0 Å². The van der Waals surface area contributed by atoms with Crippen LogP contribution in [0.1, 0.15) is 40.5 Å². The zero-order chi connectivity index (χ0) is 13.2. The van der Waals surface area contributed by atoms with E-state index in [-0.39, 0.29) is 5.91 Å². The van der Waals surface area contributed by atoms with Gasteiger partial charge in [-0.15, -0.1) is 0 Å². The summed E-state index contributed by atoms with van der Waals surface area (Å²) in [6.45, 7) is 9.81. The molecule has 0 bridgehead atoms. The monoisotopic (exact) mass is 241 g/mol. The molecule has 1 fully saturated rings. The summed E-state index contributed by atoms with van der Waals surface area (Å²) < 4.78 is 0. The van der Waals surface area contributed by atoms with Gasteiger partial charge >= 0.3 is 0 Å². The van der Waals surface area contributed by atoms with Gasteiger partial charge in [0.15, 0.2) is 0 Å². The van der Waals surface area contributed by atoms with Crippen molar-refractivity contribution in [3.63, 3.8) is 0 Å². The Bertz CT molecular complexity index is 266. The van der Waals surface area contributed by atoms with Crippen LogP contribution in [0, 0.1) is 0 Å². The van der Waals surface area contributed by atoms with Crippen LogP contribution < -0.4 is 5.73 Å². The number of carbonyl (C=O) groups excluding carboxylic acids is 1. The summed E-state index contributed by atoms with van der Waals surface area (Å²) in [6, 6.07) is 0.806. The van der Waals surface area contributed by atoms with Crippen molar-refractivity contribution in [1.82, 2.24) is 9.80 Å². The molecule has 2 N–H and O–H groups in total. The van der Waals surface area contributed by atoms with Gasteiger partial charge in [-0.1, -0.05) is 13.3 Å². The van der Waals surface area contributed by atoms with Crippen LogP contribution in [0.25, 0.3) is 0 Å². The number of piperazine rings is 1. The van der Waals surface area contributed by atoms with Crippen molar-refractivity contribution in [1.29, 1.82) is 0 Å². The molecule has 4 nitrogen and oxygen atoms in total. The van der Waals surface area contributed by atoms with E-state index in [0.29, 0.717) is 12.1 Å². The normalized spacial score (nSPS) is 30.1. The average Bonchev–Trinajstić information content (AvgIpc) is 2.24. The molecule has 100 valence electrons. The molecule has 1 saturated heterocycles. The number of hydrogen-bond acceptors (Lipinski definition) is 3. The molecule has 0 spiro atoms. The van der Waals surface area contributed by atoms with Gasteiger partial charge in [0, 0.05) is 25.2 Å². The lowest BCUT2D eigenvalue weighted by Gasteiger charge is -2.44. The Morgan fingerprint density at radius 3 is 2.24 bits per heavy atom. The van der Waals surface area contributed by atoms with E-state index in [1.54, 1.807) is 0 Å². The highest BCUT2D eigenvalue weighted by molar-refractivity contribution is 5.85. The molecule has 3 unspecified atom stereocenters. The number of hydrogen-bond donors (Lipinski definition) is 1. The van der Waals surface area contributed by atoms with Crippen LogP contribution in [0.15, 0.2) is 0 Å². The van der Waals surface area contributed by atoms with Crippen LogP contribution in [-0.2, 0) is 4.79 Å². The first-order valence-corrected chi connectivity index (χ1v) is 6.59. The Kier molecular flexibility index (Phi) is 4.55. The maximum atomic E-state index is 12.4. The molecule has 0 aromatic rings. The second-order valence-corrected chi connectivity index (χ2v) is 5.74. The van der Waals surface area contributed by atoms with E-state index in [2.05, 4.69) is 32.7 Å². The molecule has 1 amide bonds. The van der Waals surface area contributed by atoms with E-state index >= 15 is 0 Å². The quantitative estimate of drug-likeness (QED) is 0.803. The molecule has 0 radical (unpaired) electrons. The molecule has 1 aliphatic rings. The highest BCUT2D eigenvalue weighted by Gasteiger charge is 2.36. The van der Waals surface area contributed by atoms with Crippen molar-refractivity contribution < 1.29 is 4.79 Å². The molecule has 3 atom stereocenters. The highest BCUT2D eigenvalue weighted by Crippen LogP contribution is 2.19. The average molecular weight is 241 g/mol. The first-order valence-electron chi connectivity index (χ1n) is 6.59. The minimum Gasteiger partial charge on any atom is -0.338 e. The molecule has 4 heteroatoms. The number of nitrogens with two attached hydrogens (primary N) is 1. The van der Waals surface area contributed by atoms with Gasteiger partial charge in [-0.05, 0) is 34.2 Å². The third-order valence-corrected chi connectivity index (χ3v) is 3.90. The van der Waals surface area contributed by atoms with Crippen LogP contribution in [-0.4, -0.2) is 53.5 Å². The zero-order valence-corrected chi connectivity index (χ0v) is 11.9. The predicted molar refractivity (Wildman–Crippen MR) is 70.8 cm³/mol. The summed E-state index contributed by atoms with van der Waals surface area (Å²) in [5.74, 6) is 0.103. The van der Waals surface area contributed by atoms with Crippen LogP contribution in [0.3, 0.4) is 0 Å². The molecule has 0 aromatic carbocycles. The summed E-state index contributed by atoms with van der Waals surface area (Å²) in [7, 11) is 2.12. The fraction of sp³-hybridized carbons (Fsp3) is 0.923. The maximum absolute atomic E-state index is 12.4. The van der Waals surface area contributed by atoms with E-state index < -0.39 is 5.54 Å². The third-order valence-electron chi connectivity index (χ3n) is 3.90. The minimum absolute atomic E-state index is 0.103. The molecular formula is C13H27N3O. The molecule has 0 aromatic heterocycles. The Hall–Kier alpha value is -0.610. The van der Waals surface area contributed by atoms with E-state index in [4.69, 9.17) is 5.73 Å². The Labute approximate surface area is 105 Å². The topological polar surface area (TPSA) is 49.6 Å². The number of rotatable bonds is 3. The lowest BCUT2D eigenvalue weighted by molar-refractivity contribution is -0.140. The molecule has 1 rings (SSSR count). The molecule has 17 heavy (non-hydrogen) atoms. The number of amides is 1. The zero-order valence-electron chi connectivity index (χ0n) is 11.9. The standard InChI is InChI=1S/C13H27N3O/c1-6-7-13(4,14)12(17)16-8-10(2)15(5)11(3)9-16/h10-11H,6-9,14H2,1-5H3. The smallest absolute Gasteiger partial charge is 0.242 e. The van der Waals surface area contributed by atoms with Gasteiger partial charge in [0.25, 0.3) is 0 Å².